The number of fused-ring (bicyclic) bond motifs is 2. The van der Waals surface area contributed by atoms with Gasteiger partial charge >= 0.3 is 0 Å². The predicted molar refractivity (Wildman–Crippen MR) is 162 cm³/mol. The van der Waals surface area contributed by atoms with Gasteiger partial charge in [0.1, 0.15) is 5.82 Å². The molecule has 0 saturated carbocycles. The minimum absolute atomic E-state index is 0.182. The third-order valence-electron chi connectivity index (χ3n) is 8.09. The molecule has 11 heteroatoms. The van der Waals surface area contributed by atoms with Crippen LogP contribution in [0.25, 0.3) is 10.9 Å². The molecule has 1 saturated heterocycles. The lowest BCUT2D eigenvalue weighted by Gasteiger charge is -2.29. The molecule has 9 nitrogen and oxygen atoms in total. The molecule has 5 aromatic rings. The molecule has 0 radical (unpaired) electrons. The summed E-state index contributed by atoms with van der Waals surface area (Å²) in [4.78, 5) is 24.7. The molecule has 2 aliphatic rings. The van der Waals surface area contributed by atoms with Gasteiger partial charge < -0.3 is 9.67 Å². The van der Waals surface area contributed by atoms with E-state index in [1.165, 1.54) is 27.6 Å². The first-order chi connectivity index (χ1) is 21.0. The van der Waals surface area contributed by atoms with Crippen LogP contribution >= 0.6 is 11.3 Å². The zero-order valence-corrected chi connectivity index (χ0v) is 24.2. The number of piperidine rings is 1. The number of aromatic nitrogens is 5. The van der Waals surface area contributed by atoms with Crippen LogP contribution in [0.4, 0.5) is 9.52 Å². The lowest BCUT2D eigenvalue weighted by Crippen LogP contribution is -2.35. The van der Waals surface area contributed by atoms with Crippen LogP contribution in [0.1, 0.15) is 53.4 Å². The molecule has 2 aromatic carbocycles. The Hall–Kier alpha value is -4.37. The Labute approximate surface area is 252 Å². The number of anilines is 1. The number of likely N-dealkylation sites (tertiary alicyclic amines) is 1. The van der Waals surface area contributed by atoms with Gasteiger partial charge in [-0.3, -0.25) is 19.7 Å². The molecule has 0 bridgehead atoms. The molecular weight excluding hydrogens is 565 g/mol. The average molecular weight is 596 g/mol. The van der Waals surface area contributed by atoms with E-state index in [1.54, 1.807) is 30.2 Å². The Kier molecular flexibility index (Phi) is 7.49. The van der Waals surface area contributed by atoms with Gasteiger partial charge in [0.2, 0.25) is 0 Å². The van der Waals surface area contributed by atoms with Gasteiger partial charge in [-0.2, -0.15) is 5.10 Å². The van der Waals surface area contributed by atoms with E-state index in [9.17, 15) is 9.90 Å². The zero-order valence-electron chi connectivity index (χ0n) is 23.4. The van der Waals surface area contributed by atoms with Crippen LogP contribution in [-0.2, 0) is 24.3 Å². The van der Waals surface area contributed by atoms with E-state index in [1.807, 2.05) is 12.1 Å². The maximum absolute atomic E-state index is 15.3. The van der Waals surface area contributed by atoms with Gasteiger partial charge in [-0.1, -0.05) is 24.0 Å². The molecule has 2 aliphatic heterocycles. The molecule has 0 aliphatic carbocycles. The normalized spacial score (nSPS) is 16.1. The van der Waals surface area contributed by atoms with Crippen LogP contribution in [0.15, 0.2) is 60.5 Å². The number of halogens is 1. The van der Waals surface area contributed by atoms with Crippen LogP contribution in [0, 0.1) is 17.7 Å². The zero-order chi connectivity index (χ0) is 29.3. The van der Waals surface area contributed by atoms with Gasteiger partial charge in [-0.05, 0) is 55.5 Å². The lowest BCUT2D eigenvalue weighted by atomic mass is 10.1. The third kappa shape index (κ3) is 5.82. The van der Waals surface area contributed by atoms with Crippen molar-refractivity contribution in [3.8, 4) is 11.8 Å². The second kappa shape index (κ2) is 11.7. The Bertz CT molecular complexity index is 1830. The van der Waals surface area contributed by atoms with Crippen molar-refractivity contribution in [2.45, 2.75) is 50.9 Å². The first kappa shape index (κ1) is 27.5. The van der Waals surface area contributed by atoms with E-state index in [0.717, 1.165) is 63.1 Å². The van der Waals surface area contributed by atoms with Crippen molar-refractivity contribution in [2.24, 2.45) is 0 Å². The van der Waals surface area contributed by atoms with Crippen molar-refractivity contribution >= 4 is 33.3 Å². The quantitative estimate of drug-likeness (QED) is 0.283. The van der Waals surface area contributed by atoms with Crippen molar-refractivity contribution in [1.29, 1.82) is 0 Å². The van der Waals surface area contributed by atoms with E-state index >= 15 is 4.39 Å². The van der Waals surface area contributed by atoms with Crippen LogP contribution in [0.5, 0.6) is 0 Å². The first-order valence-corrected chi connectivity index (χ1v) is 15.3. The van der Waals surface area contributed by atoms with Crippen LogP contribution in [0.2, 0.25) is 0 Å². The lowest BCUT2D eigenvalue weighted by molar-refractivity contribution is -0.118. The summed E-state index contributed by atoms with van der Waals surface area (Å²) in [5, 5.41) is 19.8. The second-order valence-electron chi connectivity index (χ2n) is 11.1. The number of carbonyl (C=O) groups is 1. The number of aliphatic hydroxyl groups is 1. The highest BCUT2D eigenvalue weighted by atomic mass is 32.1. The largest absolute Gasteiger partial charge is 0.393 e. The number of imidazole rings is 1. The van der Waals surface area contributed by atoms with Crippen molar-refractivity contribution < 1.29 is 14.3 Å². The predicted octanol–water partition coefficient (Wildman–Crippen LogP) is 4.36. The van der Waals surface area contributed by atoms with Crippen LogP contribution in [0.3, 0.4) is 0 Å². The Morgan fingerprint density at radius 3 is 2.72 bits per heavy atom. The standard InChI is InChI=1S/C32H30FN7O2S/c33-26-16-23(8-5-21-3-6-22(7-4-21)18-38-13-9-24(41)10-14-38)17-27-25(26)19-40(37-27)30(31(42)36-32-34-11-15-43-32)29-28-2-1-12-39(28)20-35-29/h3-4,6-7,11,15-17,19-20,24,30,41H,1-2,9-10,12-14,18H2,(H,34,36,42). The molecule has 43 heavy (non-hydrogen) atoms. The van der Waals surface area contributed by atoms with Gasteiger partial charge in [0.15, 0.2) is 11.2 Å². The smallest absolute Gasteiger partial charge is 0.257 e. The number of hydrogen-bond donors (Lipinski definition) is 2. The van der Waals surface area contributed by atoms with E-state index < -0.39 is 11.9 Å². The highest BCUT2D eigenvalue weighted by molar-refractivity contribution is 7.13. The molecule has 5 heterocycles. The summed E-state index contributed by atoms with van der Waals surface area (Å²) in [6.45, 7) is 3.49. The number of rotatable bonds is 6. The highest BCUT2D eigenvalue weighted by Gasteiger charge is 2.32. The summed E-state index contributed by atoms with van der Waals surface area (Å²) >= 11 is 1.32. The van der Waals surface area contributed by atoms with E-state index in [4.69, 9.17) is 0 Å². The summed E-state index contributed by atoms with van der Waals surface area (Å²) in [5.74, 6) is 5.42. The number of benzene rings is 2. The number of amides is 1. The fourth-order valence-corrected chi connectivity index (χ4v) is 6.37. The first-order valence-electron chi connectivity index (χ1n) is 14.4. The van der Waals surface area contributed by atoms with Crippen molar-refractivity contribution in [2.75, 3.05) is 18.4 Å². The number of carbonyl (C=O) groups excluding carboxylic acids is 1. The third-order valence-corrected chi connectivity index (χ3v) is 8.77. The van der Waals surface area contributed by atoms with Gasteiger partial charge in [0, 0.05) is 60.8 Å². The minimum Gasteiger partial charge on any atom is -0.393 e. The minimum atomic E-state index is -0.881. The molecule has 0 spiro atoms. The van der Waals surface area contributed by atoms with E-state index in [2.05, 4.69) is 53.8 Å². The molecule has 7 rings (SSSR count). The Morgan fingerprint density at radius 1 is 1.12 bits per heavy atom. The number of nitrogens with zero attached hydrogens (tertiary/aromatic N) is 6. The van der Waals surface area contributed by atoms with Gasteiger partial charge in [0.05, 0.1) is 29.0 Å². The van der Waals surface area contributed by atoms with Gasteiger partial charge in [-0.25, -0.2) is 14.4 Å². The molecule has 218 valence electrons. The Balaban J connectivity index is 1.14. The van der Waals surface area contributed by atoms with Crippen molar-refractivity contribution in [1.82, 2.24) is 29.2 Å². The summed E-state index contributed by atoms with van der Waals surface area (Å²) < 4.78 is 18.9. The SMILES string of the molecule is O=C(Nc1nccs1)C(c1ncn2c1CCC2)n1cc2c(F)cc(C#Cc3ccc(CN4CCC(O)CC4)cc3)cc2n1. The fourth-order valence-electron chi connectivity index (χ4n) is 5.84. The second-order valence-corrected chi connectivity index (χ2v) is 12.0. The summed E-state index contributed by atoms with van der Waals surface area (Å²) in [6, 6.07) is 10.3. The number of aryl methyl sites for hydroxylation is 1. The summed E-state index contributed by atoms with van der Waals surface area (Å²) in [7, 11) is 0. The van der Waals surface area contributed by atoms with Gasteiger partial charge in [-0.15, -0.1) is 11.3 Å². The number of aliphatic hydroxyl groups excluding tert-OH is 1. The molecule has 2 N–H and O–H groups in total. The highest BCUT2D eigenvalue weighted by Crippen LogP contribution is 2.29. The Morgan fingerprint density at radius 2 is 1.93 bits per heavy atom. The monoisotopic (exact) mass is 595 g/mol. The molecule has 1 amide bonds. The van der Waals surface area contributed by atoms with E-state index in [0.29, 0.717) is 27.3 Å². The number of nitrogens with one attached hydrogen (secondary N) is 1. The van der Waals surface area contributed by atoms with Crippen LogP contribution in [-0.4, -0.2) is 59.4 Å². The van der Waals surface area contributed by atoms with E-state index in [-0.39, 0.29) is 12.0 Å². The number of thiazole rings is 1. The van der Waals surface area contributed by atoms with Crippen molar-refractivity contribution in [3.05, 3.63) is 94.4 Å². The fraction of sp³-hybridized carbons (Fsp3) is 0.312. The summed E-state index contributed by atoms with van der Waals surface area (Å²) in [6.07, 6.45) is 8.19. The summed E-state index contributed by atoms with van der Waals surface area (Å²) in [5.41, 5.74) is 4.54. The maximum atomic E-state index is 15.3. The van der Waals surface area contributed by atoms with Gasteiger partial charge in [0.25, 0.3) is 5.91 Å². The topological polar surface area (TPSA) is 101 Å². The molecule has 1 unspecified atom stereocenters. The number of hydrogen-bond acceptors (Lipinski definition) is 7. The van der Waals surface area contributed by atoms with Crippen molar-refractivity contribution in [3.63, 3.8) is 0 Å². The van der Waals surface area contributed by atoms with Crippen LogP contribution < -0.4 is 5.32 Å². The molecule has 1 atom stereocenters. The molecule has 1 fully saturated rings. The molecular formula is C32H30FN7O2S. The molecule has 3 aromatic heterocycles. The maximum Gasteiger partial charge on any atom is 0.257 e. The average Bonchev–Trinajstić information content (AvgIpc) is 3.81.